The van der Waals surface area contributed by atoms with Gasteiger partial charge in [-0.15, -0.1) is 0 Å². The Kier molecular flexibility index (Phi) is 7.76. The number of anilines is 1. The van der Waals surface area contributed by atoms with Crippen LogP contribution in [0.15, 0.2) is 42.5 Å². The highest BCUT2D eigenvalue weighted by molar-refractivity contribution is 5.94. The van der Waals surface area contributed by atoms with Crippen molar-refractivity contribution in [3.8, 4) is 0 Å². The quantitative estimate of drug-likeness (QED) is 0.586. The summed E-state index contributed by atoms with van der Waals surface area (Å²) in [5.41, 5.74) is 4.22. The first kappa shape index (κ1) is 22.1. The molecule has 4 heteroatoms. The van der Waals surface area contributed by atoms with E-state index in [2.05, 4.69) is 70.4 Å². The molecule has 2 aromatic rings. The van der Waals surface area contributed by atoms with Crippen molar-refractivity contribution in [2.24, 2.45) is 5.92 Å². The van der Waals surface area contributed by atoms with Gasteiger partial charge in [-0.1, -0.05) is 71.9 Å². The number of carbonyl (C=O) groups is 1. The summed E-state index contributed by atoms with van der Waals surface area (Å²) in [6.07, 6.45) is 0. The fraction of sp³-hybridized carbons (Fsp3) is 0.458. The van der Waals surface area contributed by atoms with Gasteiger partial charge in [0.15, 0.2) is 0 Å². The SMILES string of the molecule is CC(C)c1cccc(C(C)C)c1NC(=O)CN[C@@H](c1ccc(F)cc1)C(C)C. The number of para-hydroxylation sites is 1. The van der Waals surface area contributed by atoms with Crippen molar-refractivity contribution in [3.05, 3.63) is 65.0 Å². The lowest BCUT2D eigenvalue weighted by Gasteiger charge is -2.24. The van der Waals surface area contributed by atoms with Gasteiger partial charge < -0.3 is 10.6 Å². The third-order valence-electron chi connectivity index (χ3n) is 5.02. The third-order valence-corrected chi connectivity index (χ3v) is 5.02. The Labute approximate surface area is 168 Å². The van der Waals surface area contributed by atoms with Gasteiger partial charge in [-0.05, 0) is 46.6 Å². The van der Waals surface area contributed by atoms with E-state index in [0.717, 1.165) is 22.4 Å². The zero-order valence-electron chi connectivity index (χ0n) is 17.8. The molecule has 1 amide bonds. The van der Waals surface area contributed by atoms with E-state index in [9.17, 15) is 9.18 Å². The van der Waals surface area contributed by atoms with Crippen LogP contribution in [0.1, 0.15) is 76.1 Å². The van der Waals surface area contributed by atoms with Crippen molar-refractivity contribution in [2.75, 3.05) is 11.9 Å². The van der Waals surface area contributed by atoms with Gasteiger partial charge in [0.25, 0.3) is 0 Å². The number of hydrogen-bond acceptors (Lipinski definition) is 2. The second-order valence-electron chi connectivity index (χ2n) is 8.32. The highest BCUT2D eigenvalue weighted by Gasteiger charge is 2.19. The Bertz CT molecular complexity index is 755. The summed E-state index contributed by atoms with van der Waals surface area (Å²) in [4.78, 5) is 12.7. The van der Waals surface area contributed by atoms with Crippen LogP contribution in [0.3, 0.4) is 0 Å². The average molecular weight is 385 g/mol. The van der Waals surface area contributed by atoms with Crippen LogP contribution in [-0.2, 0) is 4.79 Å². The second kappa shape index (κ2) is 9.83. The summed E-state index contributed by atoms with van der Waals surface area (Å²) in [5.74, 6) is 0.597. The smallest absolute Gasteiger partial charge is 0.238 e. The molecule has 3 nitrogen and oxygen atoms in total. The van der Waals surface area contributed by atoms with E-state index in [-0.39, 0.29) is 30.2 Å². The number of benzene rings is 2. The molecule has 0 aromatic heterocycles. The minimum atomic E-state index is -0.254. The summed E-state index contributed by atoms with van der Waals surface area (Å²) in [6.45, 7) is 12.9. The van der Waals surface area contributed by atoms with E-state index in [1.165, 1.54) is 12.1 Å². The predicted octanol–water partition coefficient (Wildman–Crippen LogP) is 6.00. The zero-order valence-corrected chi connectivity index (χ0v) is 17.8. The Balaban J connectivity index is 2.14. The minimum absolute atomic E-state index is 0.0174. The van der Waals surface area contributed by atoms with Gasteiger partial charge in [0.2, 0.25) is 5.91 Å². The van der Waals surface area contributed by atoms with Crippen LogP contribution in [0.5, 0.6) is 0 Å². The van der Waals surface area contributed by atoms with Crippen LogP contribution in [0.25, 0.3) is 0 Å². The Morgan fingerprint density at radius 2 is 1.43 bits per heavy atom. The van der Waals surface area contributed by atoms with Gasteiger partial charge >= 0.3 is 0 Å². The van der Waals surface area contributed by atoms with Crippen LogP contribution < -0.4 is 10.6 Å². The molecule has 0 radical (unpaired) electrons. The van der Waals surface area contributed by atoms with Gasteiger partial charge in [0, 0.05) is 11.7 Å². The van der Waals surface area contributed by atoms with Crippen molar-refractivity contribution in [3.63, 3.8) is 0 Å². The van der Waals surface area contributed by atoms with E-state index in [1.54, 1.807) is 12.1 Å². The first-order chi connectivity index (χ1) is 13.2. The highest BCUT2D eigenvalue weighted by atomic mass is 19.1. The van der Waals surface area contributed by atoms with Crippen molar-refractivity contribution >= 4 is 11.6 Å². The first-order valence-electron chi connectivity index (χ1n) is 10.1. The zero-order chi connectivity index (χ0) is 20.8. The Morgan fingerprint density at radius 3 is 1.89 bits per heavy atom. The molecule has 2 rings (SSSR count). The van der Waals surface area contributed by atoms with E-state index in [4.69, 9.17) is 0 Å². The molecule has 0 saturated heterocycles. The molecule has 2 aromatic carbocycles. The summed E-state index contributed by atoms with van der Waals surface area (Å²) in [6, 6.07) is 12.7. The molecule has 2 N–H and O–H groups in total. The van der Waals surface area contributed by atoms with Crippen molar-refractivity contribution in [1.82, 2.24) is 5.32 Å². The average Bonchev–Trinajstić information content (AvgIpc) is 2.62. The molecule has 0 unspecified atom stereocenters. The second-order valence-corrected chi connectivity index (χ2v) is 8.32. The maximum atomic E-state index is 13.2. The number of carbonyl (C=O) groups excluding carboxylic acids is 1. The highest BCUT2D eigenvalue weighted by Crippen LogP contribution is 2.32. The molecular weight excluding hydrogens is 351 g/mol. The maximum absolute atomic E-state index is 13.2. The number of rotatable bonds is 8. The summed E-state index contributed by atoms with van der Waals surface area (Å²) in [7, 11) is 0. The molecule has 28 heavy (non-hydrogen) atoms. The minimum Gasteiger partial charge on any atom is -0.324 e. The Hall–Kier alpha value is -2.20. The lowest BCUT2D eigenvalue weighted by molar-refractivity contribution is -0.115. The summed E-state index contributed by atoms with van der Waals surface area (Å²) >= 11 is 0. The number of nitrogens with one attached hydrogen (secondary N) is 2. The van der Waals surface area contributed by atoms with E-state index >= 15 is 0 Å². The molecule has 152 valence electrons. The first-order valence-corrected chi connectivity index (χ1v) is 10.1. The molecule has 0 aliphatic carbocycles. The third kappa shape index (κ3) is 5.65. The van der Waals surface area contributed by atoms with Gasteiger partial charge in [0.05, 0.1) is 6.54 Å². The normalized spacial score (nSPS) is 12.6. The lowest BCUT2D eigenvalue weighted by Crippen LogP contribution is -2.34. The van der Waals surface area contributed by atoms with Crippen molar-refractivity contribution in [1.29, 1.82) is 0 Å². The fourth-order valence-electron chi connectivity index (χ4n) is 3.49. The van der Waals surface area contributed by atoms with Crippen LogP contribution in [0, 0.1) is 11.7 Å². The van der Waals surface area contributed by atoms with Gasteiger partial charge in [-0.3, -0.25) is 4.79 Å². The molecule has 0 fully saturated rings. The van der Waals surface area contributed by atoms with Gasteiger partial charge in [-0.25, -0.2) is 4.39 Å². The standard InChI is InChI=1S/C24H33FN2O/c1-15(2)20-8-7-9-21(16(3)4)24(20)27-22(28)14-26-23(17(5)6)18-10-12-19(25)13-11-18/h7-13,15-17,23,26H,14H2,1-6H3,(H,27,28)/t23-/m1/s1. The molecule has 0 spiro atoms. The lowest BCUT2D eigenvalue weighted by atomic mass is 9.92. The van der Waals surface area contributed by atoms with Gasteiger partial charge in [0.1, 0.15) is 5.82 Å². The van der Waals surface area contributed by atoms with Crippen LogP contribution >= 0.6 is 0 Å². The molecule has 0 aliphatic heterocycles. The number of amides is 1. The van der Waals surface area contributed by atoms with Crippen LogP contribution in [0.2, 0.25) is 0 Å². The molecule has 0 heterocycles. The van der Waals surface area contributed by atoms with Crippen molar-refractivity contribution < 1.29 is 9.18 Å². The molecule has 1 atom stereocenters. The molecular formula is C24H33FN2O. The largest absolute Gasteiger partial charge is 0.324 e. The maximum Gasteiger partial charge on any atom is 0.238 e. The summed E-state index contributed by atoms with van der Waals surface area (Å²) < 4.78 is 13.2. The topological polar surface area (TPSA) is 41.1 Å². The van der Waals surface area contributed by atoms with E-state index in [1.807, 2.05) is 0 Å². The van der Waals surface area contributed by atoms with Crippen LogP contribution in [-0.4, -0.2) is 12.5 Å². The Morgan fingerprint density at radius 1 is 0.893 bits per heavy atom. The van der Waals surface area contributed by atoms with Crippen molar-refractivity contribution in [2.45, 2.75) is 59.4 Å². The fourth-order valence-corrected chi connectivity index (χ4v) is 3.49. The van der Waals surface area contributed by atoms with Crippen LogP contribution in [0.4, 0.5) is 10.1 Å². The number of halogens is 1. The predicted molar refractivity (Wildman–Crippen MR) is 115 cm³/mol. The van der Waals surface area contributed by atoms with E-state index < -0.39 is 0 Å². The monoisotopic (exact) mass is 384 g/mol. The van der Waals surface area contributed by atoms with E-state index in [0.29, 0.717) is 11.8 Å². The molecule has 0 aliphatic rings. The number of hydrogen-bond donors (Lipinski definition) is 2. The molecule has 0 bridgehead atoms. The molecule has 0 saturated carbocycles. The summed E-state index contributed by atoms with van der Waals surface area (Å²) in [5, 5.41) is 6.47. The van der Waals surface area contributed by atoms with Gasteiger partial charge in [-0.2, -0.15) is 0 Å².